The fourth-order valence-corrected chi connectivity index (χ4v) is 1.68. The van der Waals surface area contributed by atoms with Crippen LogP contribution in [0.5, 0.6) is 0 Å². The van der Waals surface area contributed by atoms with Gasteiger partial charge in [-0.2, -0.15) is 0 Å². The minimum atomic E-state index is 0.154. The Hall–Kier alpha value is -0.520. The minimum Gasteiger partial charge on any atom is -0.0990 e. The van der Waals surface area contributed by atoms with E-state index in [1.165, 1.54) is 18.4 Å². The lowest BCUT2D eigenvalue weighted by molar-refractivity contribution is 0.504. The van der Waals surface area contributed by atoms with E-state index in [0.29, 0.717) is 5.92 Å². The van der Waals surface area contributed by atoms with Crippen molar-refractivity contribution < 1.29 is 0 Å². The summed E-state index contributed by atoms with van der Waals surface area (Å²) in [5.74, 6) is 1.50. The highest BCUT2D eigenvalue weighted by atomic mass is 14.2. The van der Waals surface area contributed by atoms with Gasteiger partial charge in [0.25, 0.3) is 0 Å². The molecule has 0 nitrogen and oxygen atoms in total. The molecule has 94 valence electrons. The molecular weight excluding hydrogens is 192 g/mol. The fourth-order valence-electron chi connectivity index (χ4n) is 1.68. The Balaban J connectivity index is 4.16. The molecule has 0 heterocycles. The minimum absolute atomic E-state index is 0.154. The van der Waals surface area contributed by atoms with Gasteiger partial charge in [0.15, 0.2) is 0 Å². The second-order valence-corrected chi connectivity index (χ2v) is 6.30. The van der Waals surface area contributed by atoms with Crippen LogP contribution in [0.4, 0.5) is 0 Å². The summed E-state index contributed by atoms with van der Waals surface area (Å²) in [6.45, 7) is 17.8. The summed E-state index contributed by atoms with van der Waals surface area (Å²) in [5, 5.41) is 0. The molecule has 0 spiro atoms. The van der Waals surface area contributed by atoms with Crippen LogP contribution in [-0.4, -0.2) is 0 Å². The Morgan fingerprint density at radius 3 is 2.12 bits per heavy atom. The molecule has 0 heteroatoms. The topological polar surface area (TPSA) is 0 Å². The molecule has 0 rings (SSSR count). The van der Waals surface area contributed by atoms with Crippen molar-refractivity contribution in [3.8, 4) is 0 Å². The normalized spacial score (nSPS) is 13.0. The van der Waals surface area contributed by atoms with Crippen molar-refractivity contribution in [2.24, 2.45) is 17.3 Å². The van der Waals surface area contributed by atoms with Gasteiger partial charge in [-0.3, -0.25) is 0 Å². The molecule has 0 fully saturated rings. The lowest BCUT2D eigenvalue weighted by Crippen LogP contribution is -2.12. The Labute approximate surface area is 103 Å². The predicted octanol–water partition coefficient (Wildman–Crippen LogP) is 5.61. The van der Waals surface area contributed by atoms with Crippen LogP contribution in [0.15, 0.2) is 24.3 Å². The average Bonchev–Trinajstić information content (AvgIpc) is 2.11. The largest absolute Gasteiger partial charge is 0.0990 e. The first-order chi connectivity index (χ1) is 7.25. The molecule has 0 saturated heterocycles. The zero-order chi connectivity index (χ0) is 12.8. The van der Waals surface area contributed by atoms with E-state index in [4.69, 9.17) is 0 Å². The van der Waals surface area contributed by atoms with Crippen molar-refractivity contribution in [2.45, 2.75) is 60.8 Å². The van der Waals surface area contributed by atoms with Crippen molar-refractivity contribution in [1.29, 1.82) is 0 Å². The summed E-state index contributed by atoms with van der Waals surface area (Å²) in [6.07, 6.45) is 8.26. The monoisotopic (exact) mass is 222 g/mol. The highest BCUT2D eigenvalue weighted by Crippen LogP contribution is 2.31. The number of hydrogen-bond acceptors (Lipinski definition) is 0. The molecular formula is C16H30. The van der Waals surface area contributed by atoms with Gasteiger partial charge in [0.2, 0.25) is 0 Å². The van der Waals surface area contributed by atoms with E-state index in [-0.39, 0.29) is 5.41 Å². The van der Waals surface area contributed by atoms with Crippen LogP contribution in [0.3, 0.4) is 0 Å². The van der Waals surface area contributed by atoms with Crippen LogP contribution in [0.2, 0.25) is 0 Å². The second kappa shape index (κ2) is 6.93. The maximum Gasteiger partial charge on any atom is 0.00316 e. The number of hydrogen-bond donors (Lipinski definition) is 0. The molecule has 0 N–H and O–H groups in total. The maximum atomic E-state index is 4.23. The van der Waals surface area contributed by atoms with Gasteiger partial charge < -0.3 is 0 Å². The molecule has 0 unspecified atom stereocenters. The molecule has 0 atom stereocenters. The van der Waals surface area contributed by atoms with Gasteiger partial charge in [-0.25, -0.2) is 0 Å². The zero-order valence-electron chi connectivity index (χ0n) is 12.1. The van der Waals surface area contributed by atoms with Crippen LogP contribution >= 0.6 is 0 Å². The van der Waals surface area contributed by atoms with Crippen molar-refractivity contribution in [3.05, 3.63) is 24.3 Å². The Morgan fingerprint density at radius 2 is 1.69 bits per heavy atom. The third kappa shape index (κ3) is 6.87. The van der Waals surface area contributed by atoms with Crippen LogP contribution < -0.4 is 0 Å². The fraction of sp³-hybridized carbons (Fsp3) is 0.750. The first kappa shape index (κ1) is 15.5. The van der Waals surface area contributed by atoms with Gasteiger partial charge in [-0.1, -0.05) is 65.8 Å². The van der Waals surface area contributed by atoms with Gasteiger partial charge in [-0.15, -0.1) is 0 Å². The van der Waals surface area contributed by atoms with E-state index in [9.17, 15) is 0 Å². The highest BCUT2D eigenvalue weighted by Gasteiger charge is 2.18. The van der Waals surface area contributed by atoms with Crippen molar-refractivity contribution >= 4 is 0 Å². The Morgan fingerprint density at radius 1 is 1.12 bits per heavy atom. The van der Waals surface area contributed by atoms with E-state index in [2.05, 4.69) is 60.3 Å². The van der Waals surface area contributed by atoms with Crippen LogP contribution in [0.1, 0.15) is 60.8 Å². The van der Waals surface area contributed by atoms with E-state index < -0.39 is 0 Å². The van der Waals surface area contributed by atoms with Crippen LogP contribution in [0, 0.1) is 17.3 Å². The third-order valence-electron chi connectivity index (χ3n) is 3.01. The van der Waals surface area contributed by atoms with Gasteiger partial charge in [-0.05, 0) is 31.1 Å². The summed E-state index contributed by atoms with van der Waals surface area (Å²) in [7, 11) is 0. The zero-order valence-corrected chi connectivity index (χ0v) is 12.1. The first-order valence-corrected chi connectivity index (χ1v) is 6.61. The summed E-state index contributed by atoms with van der Waals surface area (Å²) in [5.41, 5.74) is 1.50. The van der Waals surface area contributed by atoms with Crippen molar-refractivity contribution in [2.75, 3.05) is 0 Å². The van der Waals surface area contributed by atoms with E-state index in [1.807, 2.05) is 0 Å². The van der Waals surface area contributed by atoms with Gasteiger partial charge in [0.1, 0.15) is 0 Å². The molecule has 0 aliphatic carbocycles. The van der Waals surface area contributed by atoms with Crippen LogP contribution in [0.25, 0.3) is 0 Å². The lowest BCUT2D eigenvalue weighted by atomic mass is 9.80. The molecule has 0 radical (unpaired) electrons. The highest BCUT2D eigenvalue weighted by molar-refractivity contribution is 5.16. The quantitative estimate of drug-likeness (QED) is 0.491. The molecule has 16 heavy (non-hydrogen) atoms. The molecule has 0 aromatic heterocycles. The smallest absolute Gasteiger partial charge is 0.00316 e. The van der Waals surface area contributed by atoms with Gasteiger partial charge in [0.05, 0.1) is 0 Å². The Bertz CT molecular complexity index is 228. The van der Waals surface area contributed by atoms with Crippen molar-refractivity contribution in [3.63, 3.8) is 0 Å². The average molecular weight is 222 g/mol. The number of allylic oxidation sites excluding steroid dienone is 3. The standard InChI is InChI=1S/C16H30/c1-13(2)10-8-9-11-16(6,7)15(5)12-14(3)4/h9,11,13-14H,5,8,10,12H2,1-4,6-7H3. The molecule has 0 amide bonds. The summed E-state index contributed by atoms with van der Waals surface area (Å²) >= 11 is 0. The number of rotatable bonds is 7. The van der Waals surface area contributed by atoms with E-state index in [1.54, 1.807) is 0 Å². The van der Waals surface area contributed by atoms with Crippen molar-refractivity contribution in [1.82, 2.24) is 0 Å². The second-order valence-electron chi connectivity index (χ2n) is 6.30. The lowest BCUT2D eigenvalue weighted by Gasteiger charge is -2.25. The molecule has 0 aromatic carbocycles. The summed E-state index contributed by atoms with van der Waals surface area (Å²) < 4.78 is 0. The van der Waals surface area contributed by atoms with Crippen LogP contribution in [-0.2, 0) is 0 Å². The molecule has 0 aliphatic heterocycles. The first-order valence-electron chi connectivity index (χ1n) is 6.61. The van der Waals surface area contributed by atoms with E-state index >= 15 is 0 Å². The maximum absolute atomic E-state index is 4.23. The predicted molar refractivity (Wildman–Crippen MR) is 75.6 cm³/mol. The van der Waals surface area contributed by atoms with Gasteiger partial charge in [0, 0.05) is 5.41 Å². The Kier molecular flexibility index (Phi) is 6.71. The summed E-state index contributed by atoms with van der Waals surface area (Å²) in [6, 6.07) is 0. The van der Waals surface area contributed by atoms with E-state index in [0.717, 1.165) is 12.3 Å². The summed E-state index contributed by atoms with van der Waals surface area (Å²) in [4.78, 5) is 0. The molecule has 0 aliphatic rings. The molecule has 0 aromatic rings. The molecule has 0 bridgehead atoms. The third-order valence-corrected chi connectivity index (χ3v) is 3.01. The SMILES string of the molecule is C=C(CC(C)C)C(C)(C)C=CCCC(C)C. The molecule has 0 saturated carbocycles. The van der Waals surface area contributed by atoms with Gasteiger partial charge >= 0.3 is 0 Å².